The molecule has 0 spiro atoms. The Morgan fingerprint density at radius 2 is 1.67 bits per heavy atom. The Bertz CT molecular complexity index is 1580. The maximum atomic E-state index is 13.5. The molecule has 0 aliphatic carbocycles. The molecule has 1 amide bonds. The average Bonchev–Trinajstić information content (AvgIpc) is 3.45. The number of nitrogens with zero attached hydrogens (tertiary/aromatic N) is 3. The maximum Gasteiger partial charge on any atom is 0.287 e. The summed E-state index contributed by atoms with van der Waals surface area (Å²) in [6.45, 7) is 0.360. The Hall–Kier alpha value is -4.18. The van der Waals surface area contributed by atoms with Gasteiger partial charge in [0.15, 0.2) is 11.4 Å². The van der Waals surface area contributed by atoms with Gasteiger partial charge in [-0.1, -0.05) is 30.3 Å². The van der Waals surface area contributed by atoms with Crippen molar-refractivity contribution in [2.45, 2.75) is 16.3 Å². The molecule has 0 unspecified atom stereocenters. The molecule has 0 fully saturated rings. The van der Waals surface area contributed by atoms with Gasteiger partial charge in [0.05, 0.1) is 22.2 Å². The molecule has 166 valence electrons. The number of amides is 1. The molecule has 0 saturated heterocycles. The standard InChI is InChI=1S/C23H19N5O4S/c24-21-20(33(30,31)15-7-2-1-3-8-15)19-22(27-17-10-5-4-9-16(17)26-19)28(21)13-12-25-23(29)18-11-6-14-32-18/h1-11,14H,12-13,24H2,(H,25,29). The van der Waals surface area contributed by atoms with Crippen molar-refractivity contribution in [1.29, 1.82) is 0 Å². The molecule has 5 aromatic rings. The summed E-state index contributed by atoms with van der Waals surface area (Å²) in [5, 5.41) is 2.74. The molecule has 0 atom stereocenters. The number of aromatic nitrogens is 3. The van der Waals surface area contributed by atoms with E-state index in [1.165, 1.54) is 18.4 Å². The van der Waals surface area contributed by atoms with Gasteiger partial charge in [0.2, 0.25) is 9.84 Å². The zero-order chi connectivity index (χ0) is 23.0. The predicted octanol–water partition coefficient (Wildman–Crippen LogP) is 3.02. The van der Waals surface area contributed by atoms with Crippen molar-refractivity contribution in [1.82, 2.24) is 19.9 Å². The number of furan rings is 1. The van der Waals surface area contributed by atoms with E-state index in [1.807, 2.05) is 6.07 Å². The van der Waals surface area contributed by atoms with Gasteiger partial charge in [-0.15, -0.1) is 0 Å². The molecule has 9 nitrogen and oxygen atoms in total. The summed E-state index contributed by atoms with van der Waals surface area (Å²) in [7, 11) is -3.97. The summed E-state index contributed by atoms with van der Waals surface area (Å²) in [6.07, 6.45) is 1.41. The first-order valence-corrected chi connectivity index (χ1v) is 11.6. The molecule has 0 saturated carbocycles. The van der Waals surface area contributed by atoms with Gasteiger partial charge in [-0.25, -0.2) is 18.4 Å². The van der Waals surface area contributed by atoms with Gasteiger partial charge in [-0.05, 0) is 36.4 Å². The quantitative estimate of drug-likeness (QED) is 0.397. The second-order valence-corrected chi connectivity index (χ2v) is 9.19. The van der Waals surface area contributed by atoms with Crippen LogP contribution in [0, 0.1) is 0 Å². The molecule has 33 heavy (non-hydrogen) atoms. The highest BCUT2D eigenvalue weighted by atomic mass is 32.2. The van der Waals surface area contributed by atoms with Crippen LogP contribution in [0.4, 0.5) is 5.82 Å². The van der Waals surface area contributed by atoms with Crippen LogP contribution in [0.15, 0.2) is 87.2 Å². The molecule has 3 heterocycles. The molecule has 5 rings (SSSR count). The van der Waals surface area contributed by atoms with E-state index in [2.05, 4.69) is 15.3 Å². The number of rotatable bonds is 6. The Morgan fingerprint density at radius 3 is 2.36 bits per heavy atom. The van der Waals surface area contributed by atoms with Crippen LogP contribution in [0.5, 0.6) is 0 Å². The van der Waals surface area contributed by atoms with Crippen LogP contribution in [0.1, 0.15) is 10.6 Å². The lowest BCUT2D eigenvalue weighted by Gasteiger charge is -2.09. The number of sulfone groups is 1. The first-order valence-electron chi connectivity index (χ1n) is 10.1. The fourth-order valence-corrected chi connectivity index (χ4v) is 5.20. The lowest BCUT2D eigenvalue weighted by molar-refractivity contribution is 0.0924. The molecule has 3 N–H and O–H groups in total. The third-order valence-electron chi connectivity index (χ3n) is 5.23. The third kappa shape index (κ3) is 3.60. The van der Waals surface area contributed by atoms with E-state index in [-0.39, 0.29) is 45.9 Å². The van der Waals surface area contributed by atoms with Crippen molar-refractivity contribution in [2.75, 3.05) is 12.3 Å². The number of para-hydroxylation sites is 2. The highest BCUT2D eigenvalue weighted by molar-refractivity contribution is 7.92. The van der Waals surface area contributed by atoms with Crippen molar-refractivity contribution >= 4 is 43.8 Å². The smallest absolute Gasteiger partial charge is 0.287 e. The second kappa shape index (κ2) is 8.06. The number of hydrogen-bond donors (Lipinski definition) is 2. The number of carbonyl (C=O) groups excluding carboxylic acids is 1. The van der Waals surface area contributed by atoms with Crippen molar-refractivity contribution in [3.05, 3.63) is 78.8 Å². The summed E-state index contributed by atoms with van der Waals surface area (Å²) in [4.78, 5) is 21.4. The van der Waals surface area contributed by atoms with E-state index in [9.17, 15) is 13.2 Å². The van der Waals surface area contributed by atoms with Gasteiger partial charge in [0.25, 0.3) is 5.91 Å². The third-order valence-corrected chi connectivity index (χ3v) is 7.07. The lowest BCUT2D eigenvalue weighted by atomic mass is 10.3. The largest absolute Gasteiger partial charge is 0.459 e. The monoisotopic (exact) mass is 461 g/mol. The van der Waals surface area contributed by atoms with Gasteiger partial charge >= 0.3 is 0 Å². The average molecular weight is 462 g/mol. The van der Waals surface area contributed by atoms with E-state index in [1.54, 1.807) is 53.1 Å². The molecule has 10 heteroatoms. The number of nitrogens with two attached hydrogens (primary N) is 1. The number of nitrogens with one attached hydrogen (secondary N) is 1. The molecular weight excluding hydrogens is 442 g/mol. The molecule has 3 aromatic heterocycles. The Balaban J connectivity index is 1.62. The number of benzene rings is 2. The molecule has 0 aliphatic rings. The van der Waals surface area contributed by atoms with Gasteiger partial charge in [-0.2, -0.15) is 0 Å². The normalized spacial score (nSPS) is 11.8. The fraction of sp³-hybridized carbons (Fsp3) is 0.0870. The Labute approximate surface area is 188 Å². The first kappa shape index (κ1) is 20.7. The van der Waals surface area contributed by atoms with Gasteiger partial charge < -0.3 is 20.0 Å². The Kier molecular flexibility index (Phi) is 5.06. The van der Waals surface area contributed by atoms with Crippen molar-refractivity contribution in [2.24, 2.45) is 0 Å². The van der Waals surface area contributed by atoms with Crippen LogP contribution >= 0.6 is 0 Å². The van der Waals surface area contributed by atoms with Gasteiger partial charge in [0, 0.05) is 13.1 Å². The zero-order valence-corrected chi connectivity index (χ0v) is 18.1. The second-order valence-electron chi connectivity index (χ2n) is 7.30. The minimum absolute atomic E-state index is 0.0106. The molecule has 0 bridgehead atoms. The van der Waals surface area contributed by atoms with Crippen LogP contribution in [0.2, 0.25) is 0 Å². The zero-order valence-electron chi connectivity index (χ0n) is 17.3. The summed E-state index contributed by atoms with van der Waals surface area (Å²) in [5.41, 5.74) is 8.06. The maximum absolute atomic E-state index is 13.5. The van der Waals surface area contributed by atoms with E-state index < -0.39 is 9.84 Å². The first-order chi connectivity index (χ1) is 16.0. The highest BCUT2D eigenvalue weighted by Crippen LogP contribution is 2.35. The van der Waals surface area contributed by atoms with Gasteiger partial charge in [0.1, 0.15) is 16.2 Å². The minimum atomic E-state index is -3.97. The predicted molar refractivity (Wildman–Crippen MR) is 122 cm³/mol. The Morgan fingerprint density at radius 1 is 0.970 bits per heavy atom. The molecule has 0 aliphatic heterocycles. The topological polar surface area (TPSA) is 133 Å². The number of carbonyl (C=O) groups is 1. The van der Waals surface area contributed by atoms with E-state index in [0.29, 0.717) is 16.7 Å². The summed E-state index contributed by atoms with van der Waals surface area (Å²) in [5.74, 6) is -0.196. The number of hydrogen-bond acceptors (Lipinski definition) is 7. The van der Waals surface area contributed by atoms with Crippen molar-refractivity contribution in [3.8, 4) is 0 Å². The highest BCUT2D eigenvalue weighted by Gasteiger charge is 2.30. The van der Waals surface area contributed by atoms with Crippen LogP contribution < -0.4 is 11.1 Å². The van der Waals surface area contributed by atoms with Crippen LogP contribution in [-0.2, 0) is 16.4 Å². The summed E-state index contributed by atoms with van der Waals surface area (Å²) >= 11 is 0. The van der Waals surface area contributed by atoms with Crippen LogP contribution in [0.3, 0.4) is 0 Å². The van der Waals surface area contributed by atoms with E-state index in [0.717, 1.165) is 0 Å². The number of anilines is 1. The molecule has 2 aromatic carbocycles. The molecular formula is C23H19N5O4S. The van der Waals surface area contributed by atoms with Crippen molar-refractivity contribution < 1.29 is 17.6 Å². The lowest BCUT2D eigenvalue weighted by Crippen LogP contribution is -2.27. The number of nitrogen functional groups attached to an aromatic ring is 1. The van der Waals surface area contributed by atoms with Crippen LogP contribution in [-0.4, -0.2) is 35.4 Å². The van der Waals surface area contributed by atoms with E-state index in [4.69, 9.17) is 10.2 Å². The fourth-order valence-electron chi connectivity index (χ4n) is 3.67. The van der Waals surface area contributed by atoms with E-state index >= 15 is 0 Å². The molecule has 0 radical (unpaired) electrons. The summed E-state index contributed by atoms with van der Waals surface area (Å²) in [6, 6.07) is 18.4. The summed E-state index contributed by atoms with van der Waals surface area (Å²) < 4.78 is 33.7. The SMILES string of the molecule is Nc1c(S(=O)(=O)c2ccccc2)c2nc3ccccc3nc2n1CCNC(=O)c1ccco1. The van der Waals surface area contributed by atoms with Gasteiger partial charge in [-0.3, -0.25) is 4.79 Å². The number of fused-ring (bicyclic) bond motifs is 2. The van der Waals surface area contributed by atoms with Crippen LogP contribution in [0.25, 0.3) is 22.2 Å². The van der Waals surface area contributed by atoms with Crippen molar-refractivity contribution in [3.63, 3.8) is 0 Å². The minimum Gasteiger partial charge on any atom is -0.459 e.